The number of para-hydroxylation sites is 1. The number of hydrogen-bond donors (Lipinski definition) is 2. The maximum absolute atomic E-state index is 9.59. The Hall–Kier alpha value is -2.34. The van der Waals surface area contributed by atoms with Gasteiger partial charge in [-0.05, 0) is 34.1 Å². The SMILES string of the molecule is Nc1c(O)cccc1Oc1ccnc2cc(Br)cnc12. The fourth-order valence-corrected chi connectivity index (χ4v) is 2.12. The number of hydrogen-bond acceptors (Lipinski definition) is 5. The molecule has 6 heteroatoms. The van der Waals surface area contributed by atoms with Crippen molar-refractivity contribution in [3.8, 4) is 17.2 Å². The van der Waals surface area contributed by atoms with E-state index in [-0.39, 0.29) is 11.4 Å². The van der Waals surface area contributed by atoms with Gasteiger partial charge < -0.3 is 15.6 Å². The molecular weight excluding hydrogens is 322 g/mol. The quantitative estimate of drug-likeness (QED) is 0.555. The van der Waals surface area contributed by atoms with E-state index >= 15 is 0 Å². The Labute approximate surface area is 123 Å². The molecule has 2 heterocycles. The van der Waals surface area contributed by atoms with E-state index in [0.717, 1.165) is 4.47 Å². The molecule has 0 unspecified atom stereocenters. The smallest absolute Gasteiger partial charge is 0.156 e. The normalized spacial score (nSPS) is 10.7. The van der Waals surface area contributed by atoms with Gasteiger partial charge in [0.05, 0.1) is 5.52 Å². The lowest BCUT2D eigenvalue weighted by molar-refractivity contribution is 0.461. The molecule has 20 heavy (non-hydrogen) atoms. The lowest BCUT2D eigenvalue weighted by atomic mass is 10.2. The number of nitrogens with zero attached hydrogens (tertiary/aromatic N) is 2. The molecule has 0 spiro atoms. The Kier molecular flexibility index (Phi) is 3.15. The van der Waals surface area contributed by atoms with Crippen molar-refractivity contribution >= 4 is 32.7 Å². The Morgan fingerprint density at radius 1 is 1.15 bits per heavy atom. The highest BCUT2D eigenvalue weighted by molar-refractivity contribution is 9.10. The zero-order valence-electron chi connectivity index (χ0n) is 10.2. The maximum atomic E-state index is 9.59. The number of phenolic OH excluding ortho intramolecular Hbond substituents is 1. The summed E-state index contributed by atoms with van der Waals surface area (Å²) in [4.78, 5) is 8.52. The van der Waals surface area contributed by atoms with Crippen molar-refractivity contribution in [2.24, 2.45) is 0 Å². The number of halogens is 1. The van der Waals surface area contributed by atoms with Crippen molar-refractivity contribution in [1.29, 1.82) is 0 Å². The molecule has 0 saturated heterocycles. The molecule has 0 atom stereocenters. The summed E-state index contributed by atoms with van der Waals surface area (Å²) in [6.07, 6.45) is 3.30. The van der Waals surface area contributed by atoms with Crippen LogP contribution < -0.4 is 10.5 Å². The van der Waals surface area contributed by atoms with E-state index in [1.807, 2.05) is 6.07 Å². The standard InChI is InChI=1S/C14H10BrN3O2/c15-8-6-9-14(18-7-8)12(4-5-17-9)20-11-3-1-2-10(19)13(11)16/h1-7,19H,16H2. The summed E-state index contributed by atoms with van der Waals surface area (Å²) < 4.78 is 6.58. The molecule has 0 radical (unpaired) electrons. The van der Waals surface area contributed by atoms with Crippen LogP contribution in [0, 0.1) is 0 Å². The highest BCUT2D eigenvalue weighted by Crippen LogP contribution is 2.35. The minimum absolute atomic E-state index is 0.0171. The number of anilines is 1. The highest BCUT2D eigenvalue weighted by Gasteiger charge is 2.10. The molecule has 1 aromatic carbocycles. The average molecular weight is 332 g/mol. The summed E-state index contributed by atoms with van der Waals surface area (Å²) in [5.41, 5.74) is 7.30. The molecule has 0 aliphatic rings. The predicted molar refractivity (Wildman–Crippen MR) is 79.8 cm³/mol. The van der Waals surface area contributed by atoms with E-state index in [0.29, 0.717) is 22.5 Å². The molecule has 0 aliphatic heterocycles. The second-order valence-electron chi connectivity index (χ2n) is 4.12. The molecule has 2 aromatic heterocycles. The number of nitrogens with two attached hydrogens (primary N) is 1. The Bertz CT molecular complexity index is 792. The molecule has 0 amide bonds. The summed E-state index contributed by atoms with van der Waals surface area (Å²) >= 11 is 3.35. The molecule has 3 aromatic rings. The maximum Gasteiger partial charge on any atom is 0.156 e. The van der Waals surface area contributed by atoms with Crippen LogP contribution in [0.5, 0.6) is 17.2 Å². The topological polar surface area (TPSA) is 81.3 Å². The summed E-state index contributed by atoms with van der Waals surface area (Å²) in [6, 6.07) is 8.39. The third-order valence-corrected chi connectivity index (χ3v) is 3.20. The average Bonchev–Trinajstić information content (AvgIpc) is 2.44. The number of rotatable bonds is 2. The number of phenols is 1. The van der Waals surface area contributed by atoms with Gasteiger partial charge in [-0.3, -0.25) is 4.98 Å². The van der Waals surface area contributed by atoms with Gasteiger partial charge in [0.2, 0.25) is 0 Å². The third kappa shape index (κ3) is 2.25. The lowest BCUT2D eigenvalue weighted by Gasteiger charge is -2.10. The number of ether oxygens (including phenoxy) is 1. The monoisotopic (exact) mass is 331 g/mol. The first kappa shape index (κ1) is 12.7. The lowest BCUT2D eigenvalue weighted by Crippen LogP contribution is -1.94. The third-order valence-electron chi connectivity index (χ3n) is 2.77. The number of pyridine rings is 2. The van der Waals surface area contributed by atoms with Crippen molar-refractivity contribution in [2.45, 2.75) is 0 Å². The molecule has 3 rings (SSSR count). The van der Waals surface area contributed by atoms with Crippen LogP contribution in [-0.4, -0.2) is 15.1 Å². The van der Waals surface area contributed by atoms with Crippen LogP contribution in [0.15, 0.2) is 47.2 Å². The van der Waals surface area contributed by atoms with Crippen molar-refractivity contribution in [3.63, 3.8) is 0 Å². The van der Waals surface area contributed by atoms with E-state index in [1.54, 1.807) is 30.6 Å². The molecular formula is C14H10BrN3O2. The van der Waals surface area contributed by atoms with Crippen LogP contribution >= 0.6 is 15.9 Å². The molecule has 0 saturated carbocycles. The van der Waals surface area contributed by atoms with Gasteiger partial charge >= 0.3 is 0 Å². The minimum Gasteiger partial charge on any atom is -0.506 e. The number of aromatic hydroxyl groups is 1. The van der Waals surface area contributed by atoms with Gasteiger partial charge in [-0.25, -0.2) is 4.98 Å². The number of benzene rings is 1. The van der Waals surface area contributed by atoms with Gasteiger partial charge in [-0.1, -0.05) is 6.07 Å². The molecule has 5 nitrogen and oxygen atoms in total. The summed E-state index contributed by atoms with van der Waals surface area (Å²) in [5, 5.41) is 9.59. The van der Waals surface area contributed by atoms with Gasteiger partial charge in [0, 0.05) is 22.9 Å². The van der Waals surface area contributed by atoms with Gasteiger partial charge in [0.15, 0.2) is 11.5 Å². The van der Waals surface area contributed by atoms with E-state index in [4.69, 9.17) is 10.5 Å². The molecule has 100 valence electrons. The Balaban J connectivity index is 2.09. The van der Waals surface area contributed by atoms with E-state index in [9.17, 15) is 5.11 Å². The highest BCUT2D eigenvalue weighted by atomic mass is 79.9. The first-order valence-corrected chi connectivity index (χ1v) is 6.60. The van der Waals surface area contributed by atoms with Gasteiger partial charge in [0.25, 0.3) is 0 Å². The van der Waals surface area contributed by atoms with Crippen molar-refractivity contribution in [3.05, 3.63) is 47.2 Å². The van der Waals surface area contributed by atoms with Gasteiger partial charge in [-0.2, -0.15) is 0 Å². The fourth-order valence-electron chi connectivity index (χ4n) is 1.80. The van der Waals surface area contributed by atoms with Crippen LogP contribution in [0.4, 0.5) is 5.69 Å². The van der Waals surface area contributed by atoms with Crippen LogP contribution in [0.3, 0.4) is 0 Å². The molecule has 0 bridgehead atoms. The number of aromatic nitrogens is 2. The number of nitrogen functional groups attached to an aromatic ring is 1. The zero-order chi connectivity index (χ0) is 14.1. The fraction of sp³-hybridized carbons (Fsp3) is 0. The summed E-state index contributed by atoms with van der Waals surface area (Å²) in [5.74, 6) is 0.888. The number of fused-ring (bicyclic) bond motifs is 1. The second kappa shape index (κ2) is 4.97. The Morgan fingerprint density at radius 2 is 2.00 bits per heavy atom. The minimum atomic E-state index is -0.0171. The summed E-state index contributed by atoms with van der Waals surface area (Å²) in [7, 11) is 0. The zero-order valence-corrected chi connectivity index (χ0v) is 11.8. The summed E-state index contributed by atoms with van der Waals surface area (Å²) in [6.45, 7) is 0. The van der Waals surface area contributed by atoms with E-state index in [1.165, 1.54) is 6.07 Å². The van der Waals surface area contributed by atoms with Gasteiger partial charge in [-0.15, -0.1) is 0 Å². The second-order valence-corrected chi connectivity index (χ2v) is 5.04. The molecule has 0 aliphatic carbocycles. The van der Waals surface area contributed by atoms with Gasteiger partial charge in [0.1, 0.15) is 17.0 Å². The molecule has 0 fully saturated rings. The molecule has 3 N–H and O–H groups in total. The van der Waals surface area contributed by atoms with Crippen molar-refractivity contribution in [2.75, 3.05) is 5.73 Å². The Morgan fingerprint density at radius 3 is 2.85 bits per heavy atom. The van der Waals surface area contributed by atoms with Crippen LogP contribution in [-0.2, 0) is 0 Å². The largest absolute Gasteiger partial charge is 0.506 e. The van der Waals surface area contributed by atoms with Crippen LogP contribution in [0.25, 0.3) is 11.0 Å². The first-order chi connectivity index (χ1) is 9.65. The first-order valence-electron chi connectivity index (χ1n) is 5.81. The van der Waals surface area contributed by atoms with Crippen molar-refractivity contribution < 1.29 is 9.84 Å². The predicted octanol–water partition coefficient (Wildman–Crippen LogP) is 3.47. The van der Waals surface area contributed by atoms with E-state index < -0.39 is 0 Å². The van der Waals surface area contributed by atoms with Crippen LogP contribution in [0.1, 0.15) is 0 Å². The van der Waals surface area contributed by atoms with Crippen LogP contribution in [0.2, 0.25) is 0 Å². The van der Waals surface area contributed by atoms with E-state index in [2.05, 4.69) is 25.9 Å². The van der Waals surface area contributed by atoms with Crippen molar-refractivity contribution in [1.82, 2.24) is 9.97 Å².